The summed E-state index contributed by atoms with van der Waals surface area (Å²) in [6.45, 7) is 2.01. The average Bonchev–Trinajstić information content (AvgIpc) is 2.96. The first-order chi connectivity index (χ1) is 9.56. The van der Waals surface area contributed by atoms with Crippen molar-refractivity contribution in [3.63, 3.8) is 0 Å². The Hall–Kier alpha value is -1.84. The monoisotopic (exact) mass is 273 g/mol. The molecule has 3 rings (SSSR count). The lowest BCUT2D eigenvalue weighted by molar-refractivity contribution is -0.143. The third-order valence-corrected chi connectivity index (χ3v) is 4.58. The summed E-state index contributed by atoms with van der Waals surface area (Å²) in [5.41, 5.74) is 2.15. The first kappa shape index (κ1) is 13.2. The SMILES string of the molecule is Cc1cccc(CC(=O)N2C3CCC2C(C(=O)O)C3)c1. The van der Waals surface area contributed by atoms with Gasteiger partial charge in [0, 0.05) is 12.1 Å². The number of hydrogen-bond acceptors (Lipinski definition) is 2. The van der Waals surface area contributed by atoms with Gasteiger partial charge >= 0.3 is 5.97 Å². The van der Waals surface area contributed by atoms with Crippen LogP contribution in [0.15, 0.2) is 24.3 Å². The van der Waals surface area contributed by atoms with Gasteiger partial charge in [0.2, 0.25) is 5.91 Å². The van der Waals surface area contributed by atoms with Crippen molar-refractivity contribution in [3.05, 3.63) is 35.4 Å². The molecule has 0 radical (unpaired) electrons. The Morgan fingerprint density at radius 1 is 1.35 bits per heavy atom. The number of aliphatic carboxylic acids is 1. The normalized spacial score (nSPS) is 27.9. The second-order valence-corrected chi connectivity index (χ2v) is 5.95. The van der Waals surface area contributed by atoms with Crippen LogP contribution in [-0.2, 0) is 16.0 Å². The summed E-state index contributed by atoms with van der Waals surface area (Å²) in [7, 11) is 0. The number of carboxylic acids is 1. The molecule has 2 heterocycles. The van der Waals surface area contributed by atoms with Crippen LogP contribution in [-0.4, -0.2) is 34.0 Å². The fourth-order valence-electron chi connectivity index (χ4n) is 3.73. The lowest BCUT2D eigenvalue weighted by Crippen LogP contribution is -2.38. The topological polar surface area (TPSA) is 57.6 Å². The first-order valence-corrected chi connectivity index (χ1v) is 7.16. The highest BCUT2D eigenvalue weighted by molar-refractivity contribution is 5.82. The van der Waals surface area contributed by atoms with E-state index in [0.717, 1.165) is 24.0 Å². The third kappa shape index (κ3) is 2.19. The quantitative estimate of drug-likeness (QED) is 0.916. The summed E-state index contributed by atoms with van der Waals surface area (Å²) < 4.78 is 0. The number of benzene rings is 1. The van der Waals surface area contributed by atoms with Gasteiger partial charge in [-0.1, -0.05) is 29.8 Å². The molecule has 1 amide bonds. The Kier molecular flexibility index (Phi) is 3.24. The fraction of sp³-hybridized carbons (Fsp3) is 0.500. The summed E-state index contributed by atoms with van der Waals surface area (Å²) in [6, 6.07) is 7.99. The zero-order valence-electron chi connectivity index (χ0n) is 11.6. The minimum absolute atomic E-state index is 0.0758. The summed E-state index contributed by atoms with van der Waals surface area (Å²) in [6.07, 6.45) is 2.79. The van der Waals surface area contributed by atoms with Crippen molar-refractivity contribution >= 4 is 11.9 Å². The molecule has 2 aliphatic heterocycles. The van der Waals surface area contributed by atoms with Gasteiger partial charge in [-0.2, -0.15) is 0 Å². The maximum Gasteiger partial charge on any atom is 0.308 e. The highest BCUT2D eigenvalue weighted by Crippen LogP contribution is 2.42. The highest BCUT2D eigenvalue weighted by atomic mass is 16.4. The number of rotatable bonds is 3. The fourth-order valence-corrected chi connectivity index (χ4v) is 3.73. The van der Waals surface area contributed by atoms with E-state index in [9.17, 15) is 14.7 Å². The molecule has 0 aliphatic carbocycles. The van der Waals surface area contributed by atoms with Crippen LogP contribution in [0, 0.1) is 12.8 Å². The van der Waals surface area contributed by atoms with Crippen LogP contribution in [0.1, 0.15) is 30.4 Å². The van der Waals surface area contributed by atoms with E-state index in [4.69, 9.17) is 0 Å². The lowest BCUT2D eigenvalue weighted by atomic mass is 9.89. The zero-order chi connectivity index (χ0) is 14.3. The summed E-state index contributed by atoms with van der Waals surface area (Å²) in [5.74, 6) is -1.05. The first-order valence-electron chi connectivity index (χ1n) is 7.16. The van der Waals surface area contributed by atoms with Gasteiger partial charge in [-0.05, 0) is 31.7 Å². The van der Waals surface area contributed by atoms with Crippen molar-refractivity contribution in [1.29, 1.82) is 0 Å². The van der Waals surface area contributed by atoms with Crippen LogP contribution in [0.2, 0.25) is 0 Å². The van der Waals surface area contributed by atoms with Gasteiger partial charge in [-0.3, -0.25) is 9.59 Å². The molecule has 2 bridgehead atoms. The molecule has 106 valence electrons. The van der Waals surface area contributed by atoms with E-state index in [2.05, 4.69) is 0 Å². The van der Waals surface area contributed by atoms with Gasteiger partial charge < -0.3 is 10.0 Å². The number of carbonyl (C=O) groups is 2. The number of carbonyl (C=O) groups excluding carboxylic acids is 1. The van der Waals surface area contributed by atoms with Crippen LogP contribution in [0.25, 0.3) is 0 Å². The van der Waals surface area contributed by atoms with Crippen LogP contribution >= 0.6 is 0 Å². The molecule has 1 N–H and O–H groups in total. The average molecular weight is 273 g/mol. The maximum atomic E-state index is 12.5. The number of amides is 1. The molecule has 1 aromatic rings. The van der Waals surface area contributed by atoms with Gasteiger partial charge in [0.05, 0.1) is 12.3 Å². The zero-order valence-corrected chi connectivity index (χ0v) is 11.6. The van der Waals surface area contributed by atoms with Crippen LogP contribution in [0.5, 0.6) is 0 Å². The number of carboxylic acid groups (broad SMARTS) is 1. The molecule has 0 saturated carbocycles. The summed E-state index contributed by atoms with van der Waals surface area (Å²) in [5, 5.41) is 9.22. The predicted molar refractivity (Wildman–Crippen MR) is 74.3 cm³/mol. The van der Waals surface area contributed by atoms with E-state index in [1.807, 2.05) is 36.1 Å². The number of fused-ring (bicyclic) bond motifs is 2. The van der Waals surface area contributed by atoms with Crippen LogP contribution in [0.4, 0.5) is 0 Å². The number of hydrogen-bond donors (Lipinski definition) is 1. The van der Waals surface area contributed by atoms with Gasteiger partial charge in [-0.15, -0.1) is 0 Å². The highest BCUT2D eigenvalue weighted by Gasteiger charge is 2.50. The largest absolute Gasteiger partial charge is 0.481 e. The van der Waals surface area contributed by atoms with E-state index < -0.39 is 5.97 Å². The van der Waals surface area contributed by atoms with Crippen LogP contribution < -0.4 is 0 Å². The molecule has 4 nitrogen and oxygen atoms in total. The summed E-state index contributed by atoms with van der Waals surface area (Å²) >= 11 is 0. The van der Waals surface area contributed by atoms with E-state index in [0.29, 0.717) is 12.8 Å². The van der Waals surface area contributed by atoms with Crippen molar-refractivity contribution < 1.29 is 14.7 Å². The third-order valence-electron chi connectivity index (χ3n) is 4.58. The second-order valence-electron chi connectivity index (χ2n) is 5.95. The molecule has 4 heteroatoms. The van der Waals surface area contributed by atoms with Gasteiger partial charge in [0.15, 0.2) is 0 Å². The Morgan fingerprint density at radius 3 is 2.80 bits per heavy atom. The smallest absolute Gasteiger partial charge is 0.308 e. The molecule has 2 saturated heterocycles. The number of nitrogens with zero attached hydrogens (tertiary/aromatic N) is 1. The Bertz CT molecular complexity index is 554. The lowest BCUT2D eigenvalue weighted by Gasteiger charge is -2.23. The Labute approximate surface area is 118 Å². The molecule has 2 fully saturated rings. The van der Waals surface area contributed by atoms with Crippen LogP contribution in [0.3, 0.4) is 0 Å². The van der Waals surface area contributed by atoms with Gasteiger partial charge in [-0.25, -0.2) is 0 Å². The molecule has 3 unspecified atom stereocenters. The van der Waals surface area contributed by atoms with E-state index in [-0.39, 0.29) is 23.9 Å². The van der Waals surface area contributed by atoms with Gasteiger partial charge in [0.1, 0.15) is 0 Å². The second kappa shape index (κ2) is 4.93. The van der Waals surface area contributed by atoms with Crippen molar-refractivity contribution in [1.82, 2.24) is 4.90 Å². The minimum atomic E-state index is -0.759. The standard InChI is InChI=1S/C16H19NO3/c1-10-3-2-4-11(7-10)8-15(18)17-12-5-6-14(17)13(9-12)16(19)20/h2-4,7,12-14H,5-6,8-9H2,1H3,(H,19,20). The maximum absolute atomic E-state index is 12.5. The molecule has 0 spiro atoms. The molecule has 2 aliphatic rings. The van der Waals surface area contributed by atoms with E-state index >= 15 is 0 Å². The van der Waals surface area contributed by atoms with E-state index in [1.54, 1.807) is 0 Å². The Morgan fingerprint density at radius 2 is 2.15 bits per heavy atom. The van der Waals surface area contributed by atoms with Crippen molar-refractivity contribution in [2.75, 3.05) is 0 Å². The minimum Gasteiger partial charge on any atom is -0.481 e. The van der Waals surface area contributed by atoms with Crippen molar-refractivity contribution in [3.8, 4) is 0 Å². The predicted octanol–water partition coefficient (Wildman–Crippen LogP) is 2.00. The van der Waals surface area contributed by atoms with Gasteiger partial charge in [0.25, 0.3) is 0 Å². The molecular weight excluding hydrogens is 254 g/mol. The molecule has 0 aromatic heterocycles. The molecule has 20 heavy (non-hydrogen) atoms. The van der Waals surface area contributed by atoms with E-state index in [1.165, 1.54) is 0 Å². The molecule has 3 atom stereocenters. The number of aryl methyl sites for hydroxylation is 1. The van der Waals surface area contributed by atoms with Crippen molar-refractivity contribution in [2.24, 2.45) is 5.92 Å². The molecule has 1 aromatic carbocycles. The molecular formula is C16H19NO3. The Balaban J connectivity index is 1.74. The summed E-state index contributed by atoms with van der Waals surface area (Å²) in [4.78, 5) is 25.6. The van der Waals surface area contributed by atoms with Crippen molar-refractivity contribution in [2.45, 2.75) is 44.7 Å².